The second-order valence-corrected chi connectivity index (χ2v) is 7.73. The number of halogens is 1. The Morgan fingerprint density at radius 2 is 1.74 bits per heavy atom. The predicted molar refractivity (Wildman–Crippen MR) is 106 cm³/mol. The van der Waals surface area contributed by atoms with Crippen LogP contribution < -0.4 is 14.5 Å². The molecule has 1 aromatic carbocycles. The van der Waals surface area contributed by atoms with Crippen LogP contribution in [0.1, 0.15) is 26.3 Å². The van der Waals surface area contributed by atoms with Gasteiger partial charge in [-0.3, -0.25) is 0 Å². The minimum absolute atomic E-state index is 0.182. The maximum Gasteiger partial charge on any atom is 0.213 e. The summed E-state index contributed by atoms with van der Waals surface area (Å²) in [6.07, 6.45) is 1.84. The van der Waals surface area contributed by atoms with E-state index in [1.54, 1.807) is 13.2 Å². The van der Waals surface area contributed by atoms with Crippen LogP contribution in [0.5, 0.6) is 5.88 Å². The molecule has 27 heavy (non-hydrogen) atoms. The lowest BCUT2D eigenvalue weighted by molar-refractivity contribution is 0.124. The molecule has 3 rings (SSSR count). The molecule has 0 spiro atoms. The second kappa shape index (κ2) is 8.13. The average Bonchev–Trinajstić information content (AvgIpc) is 2.63. The lowest BCUT2D eigenvalue weighted by atomic mass is 10.1. The van der Waals surface area contributed by atoms with Crippen LogP contribution in [-0.4, -0.2) is 43.9 Å². The van der Waals surface area contributed by atoms with Gasteiger partial charge in [0.05, 0.1) is 24.2 Å². The molecule has 1 fully saturated rings. The van der Waals surface area contributed by atoms with Gasteiger partial charge in [0.1, 0.15) is 5.60 Å². The number of hydrogen-bond donors (Lipinski definition) is 0. The van der Waals surface area contributed by atoms with E-state index in [2.05, 4.69) is 14.8 Å². The standard InChI is InChI=1S/C21H28FN3O2/c1-21(2,3)27-19-9-8-17(14-23-19)24-10-12-25(13-11-24)18-7-5-6-16(15-26-4)20(18)22/h5-9,14H,10-13,15H2,1-4H3. The molecule has 0 aliphatic carbocycles. The number of anilines is 2. The van der Waals surface area contributed by atoms with Gasteiger partial charge in [0.2, 0.25) is 5.88 Å². The van der Waals surface area contributed by atoms with E-state index in [-0.39, 0.29) is 18.0 Å². The van der Waals surface area contributed by atoms with Gasteiger partial charge < -0.3 is 19.3 Å². The molecule has 0 radical (unpaired) electrons. The zero-order chi connectivity index (χ0) is 19.4. The van der Waals surface area contributed by atoms with Gasteiger partial charge in [-0.2, -0.15) is 0 Å². The molecular weight excluding hydrogens is 345 g/mol. The highest BCUT2D eigenvalue weighted by Crippen LogP contribution is 2.26. The van der Waals surface area contributed by atoms with E-state index < -0.39 is 0 Å². The molecule has 1 aliphatic rings. The van der Waals surface area contributed by atoms with Crippen LogP contribution in [0.15, 0.2) is 36.5 Å². The number of rotatable bonds is 5. The van der Waals surface area contributed by atoms with Crippen molar-refractivity contribution in [3.05, 3.63) is 47.9 Å². The fourth-order valence-electron chi connectivity index (χ4n) is 3.22. The van der Waals surface area contributed by atoms with Crippen LogP contribution in [0.4, 0.5) is 15.8 Å². The van der Waals surface area contributed by atoms with Crippen molar-refractivity contribution in [3.8, 4) is 5.88 Å². The van der Waals surface area contributed by atoms with Crippen LogP contribution >= 0.6 is 0 Å². The van der Waals surface area contributed by atoms with Crippen molar-refractivity contribution in [1.29, 1.82) is 0 Å². The first kappa shape index (κ1) is 19.4. The molecule has 0 atom stereocenters. The molecule has 0 saturated carbocycles. The highest BCUT2D eigenvalue weighted by molar-refractivity contribution is 5.53. The molecular formula is C21H28FN3O2. The summed E-state index contributed by atoms with van der Waals surface area (Å²) in [7, 11) is 1.58. The number of benzene rings is 1. The summed E-state index contributed by atoms with van der Waals surface area (Å²) in [5.41, 5.74) is 2.04. The monoisotopic (exact) mass is 373 g/mol. The summed E-state index contributed by atoms with van der Waals surface area (Å²) in [4.78, 5) is 8.77. The fraction of sp³-hybridized carbons (Fsp3) is 0.476. The largest absolute Gasteiger partial charge is 0.472 e. The average molecular weight is 373 g/mol. The smallest absolute Gasteiger partial charge is 0.213 e. The van der Waals surface area contributed by atoms with Gasteiger partial charge in [0.15, 0.2) is 5.82 Å². The molecule has 1 saturated heterocycles. The highest BCUT2D eigenvalue weighted by Gasteiger charge is 2.21. The molecule has 146 valence electrons. The van der Waals surface area contributed by atoms with Crippen LogP contribution in [-0.2, 0) is 11.3 Å². The molecule has 1 aromatic heterocycles. The van der Waals surface area contributed by atoms with E-state index in [0.717, 1.165) is 31.9 Å². The number of methoxy groups -OCH3 is 1. The second-order valence-electron chi connectivity index (χ2n) is 7.73. The summed E-state index contributed by atoms with van der Waals surface area (Å²) < 4.78 is 25.5. The molecule has 6 heteroatoms. The molecule has 0 unspecified atom stereocenters. The predicted octanol–water partition coefficient (Wildman–Crippen LogP) is 3.87. The minimum Gasteiger partial charge on any atom is -0.472 e. The lowest BCUT2D eigenvalue weighted by Crippen LogP contribution is -2.47. The van der Waals surface area contributed by atoms with Gasteiger partial charge in [-0.15, -0.1) is 0 Å². The molecule has 2 heterocycles. The van der Waals surface area contributed by atoms with E-state index in [1.165, 1.54) is 0 Å². The zero-order valence-corrected chi connectivity index (χ0v) is 16.5. The third-order valence-electron chi connectivity index (χ3n) is 4.48. The quantitative estimate of drug-likeness (QED) is 0.795. The first-order valence-electron chi connectivity index (χ1n) is 9.29. The van der Waals surface area contributed by atoms with Gasteiger partial charge in [-0.25, -0.2) is 9.37 Å². The molecule has 0 bridgehead atoms. The number of ether oxygens (including phenoxy) is 2. The van der Waals surface area contributed by atoms with Crippen molar-refractivity contribution in [1.82, 2.24) is 4.98 Å². The third kappa shape index (κ3) is 4.89. The Labute approximate surface area is 160 Å². The van der Waals surface area contributed by atoms with Crippen molar-refractivity contribution in [2.45, 2.75) is 33.0 Å². The van der Waals surface area contributed by atoms with Gasteiger partial charge in [0.25, 0.3) is 0 Å². The lowest BCUT2D eigenvalue weighted by Gasteiger charge is -2.37. The maximum atomic E-state index is 14.7. The first-order valence-corrected chi connectivity index (χ1v) is 9.29. The fourth-order valence-corrected chi connectivity index (χ4v) is 3.22. The van der Waals surface area contributed by atoms with E-state index in [0.29, 0.717) is 17.1 Å². The first-order chi connectivity index (χ1) is 12.9. The third-order valence-corrected chi connectivity index (χ3v) is 4.48. The molecule has 1 aliphatic heterocycles. The van der Waals surface area contributed by atoms with E-state index in [9.17, 15) is 4.39 Å². The van der Waals surface area contributed by atoms with Crippen LogP contribution in [0.25, 0.3) is 0 Å². The van der Waals surface area contributed by atoms with Crippen molar-refractivity contribution < 1.29 is 13.9 Å². The van der Waals surface area contributed by atoms with Crippen molar-refractivity contribution in [2.24, 2.45) is 0 Å². The minimum atomic E-state index is -0.262. The molecule has 2 aromatic rings. The summed E-state index contributed by atoms with van der Waals surface area (Å²) in [5, 5.41) is 0. The number of nitrogens with zero attached hydrogens (tertiary/aromatic N) is 3. The summed E-state index contributed by atoms with van der Waals surface area (Å²) in [6.45, 7) is 9.44. The van der Waals surface area contributed by atoms with E-state index in [4.69, 9.17) is 9.47 Å². The Kier molecular flexibility index (Phi) is 5.85. The number of piperazine rings is 1. The van der Waals surface area contributed by atoms with Gasteiger partial charge >= 0.3 is 0 Å². The van der Waals surface area contributed by atoms with Crippen molar-refractivity contribution in [2.75, 3.05) is 43.1 Å². The van der Waals surface area contributed by atoms with E-state index >= 15 is 0 Å². The SMILES string of the molecule is COCc1cccc(N2CCN(c3ccc(OC(C)(C)C)nc3)CC2)c1F. The Bertz CT molecular complexity index is 751. The highest BCUT2D eigenvalue weighted by atomic mass is 19.1. The van der Waals surface area contributed by atoms with Crippen molar-refractivity contribution in [3.63, 3.8) is 0 Å². The topological polar surface area (TPSA) is 37.8 Å². The molecule has 5 nitrogen and oxygen atoms in total. The van der Waals surface area contributed by atoms with Gasteiger partial charge in [0, 0.05) is 44.9 Å². The van der Waals surface area contributed by atoms with Crippen LogP contribution in [0.2, 0.25) is 0 Å². The summed E-state index contributed by atoms with van der Waals surface area (Å²) in [5.74, 6) is 0.445. The van der Waals surface area contributed by atoms with Gasteiger partial charge in [-0.1, -0.05) is 12.1 Å². The maximum absolute atomic E-state index is 14.7. The Morgan fingerprint density at radius 1 is 1.04 bits per heavy atom. The van der Waals surface area contributed by atoms with E-state index in [1.807, 2.05) is 51.2 Å². The molecule has 0 N–H and O–H groups in total. The number of hydrogen-bond acceptors (Lipinski definition) is 5. The Hall–Kier alpha value is -2.34. The normalized spacial score (nSPS) is 15.1. The molecule has 0 amide bonds. The number of aromatic nitrogens is 1. The Morgan fingerprint density at radius 3 is 2.33 bits per heavy atom. The van der Waals surface area contributed by atoms with Gasteiger partial charge in [-0.05, 0) is 32.9 Å². The Balaban J connectivity index is 1.63. The zero-order valence-electron chi connectivity index (χ0n) is 16.5. The summed E-state index contributed by atoms with van der Waals surface area (Å²) in [6, 6.07) is 9.43. The van der Waals surface area contributed by atoms with Crippen LogP contribution in [0.3, 0.4) is 0 Å². The summed E-state index contributed by atoms with van der Waals surface area (Å²) >= 11 is 0. The van der Waals surface area contributed by atoms with Crippen LogP contribution in [0, 0.1) is 5.82 Å². The number of pyridine rings is 1. The van der Waals surface area contributed by atoms with Crippen molar-refractivity contribution >= 4 is 11.4 Å².